The van der Waals surface area contributed by atoms with Gasteiger partial charge in [-0.15, -0.1) is 0 Å². The van der Waals surface area contributed by atoms with Gasteiger partial charge in [-0.1, -0.05) is 67.9 Å². The Morgan fingerprint density at radius 1 is 0.882 bits per heavy atom. The van der Waals surface area contributed by atoms with Crippen molar-refractivity contribution in [3.63, 3.8) is 0 Å². The molecule has 0 unspecified atom stereocenters. The van der Waals surface area contributed by atoms with Crippen molar-refractivity contribution in [1.82, 2.24) is 0 Å². The van der Waals surface area contributed by atoms with Crippen LogP contribution < -0.4 is 9.80 Å². The van der Waals surface area contributed by atoms with Crippen LogP contribution in [0.3, 0.4) is 0 Å². The van der Waals surface area contributed by atoms with E-state index in [1.807, 2.05) is 67.6 Å². The van der Waals surface area contributed by atoms with Crippen molar-refractivity contribution in [2.24, 2.45) is 0 Å². The van der Waals surface area contributed by atoms with E-state index in [4.69, 9.17) is 4.74 Å². The summed E-state index contributed by atoms with van der Waals surface area (Å²) >= 11 is 0. The van der Waals surface area contributed by atoms with Gasteiger partial charge in [-0.3, -0.25) is 9.59 Å². The molecule has 0 saturated carbocycles. The van der Waals surface area contributed by atoms with Gasteiger partial charge in [0.25, 0.3) is 11.8 Å². The fourth-order valence-corrected chi connectivity index (χ4v) is 3.87. The molecule has 0 radical (unpaired) electrons. The molecule has 0 saturated heterocycles. The highest BCUT2D eigenvalue weighted by atomic mass is 16.5. The van der Waals surface area contributed by atoms with Crippen molar-refractivity contribution in [2.75, 3.05) is 23.5 Å². The Bertz CT molecular complexity index is 1240. The Kier molecular flexibility index (Phi) is 6.87. The lowest BCUT2D eigenvalue weighted by atomic mass is 10.0. The van der Waals surface area contributed by atoms with Crippen LogP contribution in [0.1, 0.15) is 35.7 Å². The summed E-state index contributed by atoms with van der Waals surface area (Å²) in [4.78, 5) is 42.7. The van der Waals surface area contributed by atoms with Crippen molar-refractivity contribution >= 4 is 34.7 Å². The van der Waals surface area contributed by atoms with Gasteiger partial charge in [0.05, 0.1) is 23.4 Å². The first-order valence-corrected chi connectivity index (χ1v) is 11.3. The lowest BCUT2D eigenvalue weighted by Crippen LogP contribution is -2.34. The van der Waals surface area contributed by atoms with E-state index in [0.717, 1.165) is 23.4 Å². The second kappa shape index (κ2) is 10.2. The highest BCUT2D eigenvalue weighted by Crippen LogP contribution is 2.36. The number of hydrogen-bond donors (Lipinski definition) is 0. The molecule has 172 valence electrons. The molecule has 4 rings (SSSR count). The quantitative estimate of drug-likeness (QED) is 0.270. The van der Waals surface area contributed by atoms with E-state index >= 15 is 0 Å². The smallest absolute Gasteiger partial charge is 0.338 e. The summed E-state index contributed by atoms with van der Waals surface area (Å²) in [6, 6.07) is 25.0. The molecule has 3 aromatic carbocycles. The summed E-state index contributed by atoms with van der Waals surface area (Å²) in [5.74, 6) is -1.37. The third-order valence-electron chi connectivity index (χ3n) is 5.67. The number of anilines is 2. The zero-order valence-electron chi connectivity index (χ0n) is 19.2. The standard InChI is InChI=1S/C28H26N2O4/c1-3-4-18-34-28(33)21-14-11-17-23(19-21)30-26(31)24(20-12-7-5-8-13-20)25(27(30)32)29(2)22-15-9-6-10-16-22/h5-17,19H,3-4,18H2,1-2H3. The number of ether oxygens (including phenoxy) is 1. The van der Waals surface area contributed by atoms with Crippen LogP contribution in [0.2, 0.25) is 0 Å². The highest BCUT2D eigenvalue weighted by molar-refractivity contribution is 6.46. The number of carbonyl (C=O) groups excluding carboxylic acids is 3. The number of imide groups is 1. The maximum Gasteiger partial charge on any atom is 0.338 e. The fraction of sp³-hybridized carbons (Fsp3) is 0.179. The molecule has 34 heavy (non-hydrogen) atoms. The highest BCUT2D eigenvalue weighted by Gasteiger charge is 2.42. The van der Waals surface area contributed by atoms with E-state index in [-0.39, 0.29) is 5.70 Å². The number of nitrogens with zero attached hydrogens (tertiary/aromatic N) is 2. The lowest BCUT2D eigenvalue weighted by Gasteiger charge is -2.21. The summed E-state index contributed by atoms with van der Waals surface area (Å²) < 4.78 is 5.30. The van der Waals surface area contributed by atoms with Crippen molar-refractivity contribution < 1.29 is 19.1 Å². The van der Waals surface area contributed by atoms with E-state index < -0.39 is 17.8 Å². The van der Waals surface area contributed by atoms with Crippen LogP contribution in [-0.2, 0) is 14.3 Å². The predicted molar refractivity (Wildman–Crippen MR) is 132 cm³/mol. The number of carbonyl (C=O) groups is 3. The predicted octanol–water partition coefficient (Wildman–Crippen LogP) is 5.06. The molecule has 3 aromatic rings. The summed E-state index contributed by atoms with van der Waals surface area (Å²) in [6.07, 6.45) is 1.68. The SMILES string of the molecule is CCCCOC(=O)c1cccc(N2C(=O)C(c3ccccc3)=C(N(C)c3ccccc3)C2=O)c1. The monoisotopic (exact) mass is 454 g/mol. The molecule has 0 fully saturated rings. The van der Waals surface area contributed by atoms with Gasteiger partial charge in [0.1, 0.15) is 5.70 Å². The van der Waals surface area contributed by atoms with Gasteiger partial charge in [0, 0.05) is 12.7 Å². The van der Waals surface area contributed by atoms with Crippen molar-refractivity contribution in [3.8, 4) is 0 Å². The number of esters is 1. The van der Waals surface area contributed by atoms with Gasteiger partial charge in [-0.05, 0) is 42.3 Å². The fourth-order valence-electron chi connectivity index (χ4n) is 3.87. The number of hydrogen-bond acceptors (Lipinski definition) is 5. The van der Waals surface area contributed by atoms with E-state index in [2.05, 4.69) is 0 Å². The average molecular weight is 455 g/mol. The van der Waals surface area contributed by atoms with E-state index in [0.29, 0.717) is 29.0 Å². The van der Waals surface area contributed by atoms with Crippen LogP contribution in [0, 0.1) is 0 Å². The number of unbranched alkanes of at least 4 members (excludes halogenated alkanes) is 1. The van der Waals surface area contributed by atoms with Crippen LogP contribution in [0.15, 0.2) is 90.6 Å². The first-order valence-electron chi connectivity index (χ1n) is 11.3. The first-order chi connectivity index (χ1) is 16.5. The molecule has 0 aromatic heterocycles. The van der Waals surface area contributed by atoms with Gasteiger partial charge >= 0.3 is 5.97 Å². The second-order valence-corrected chi connectivity index (χ2v) is 7.97. The molecule has 0 spiro atoms. The van der Waals surface area contributed by atoms with Gasteiger partial charge in [-0.25, -0.2) is 9.69 Å². The molecule has 0 N–H and O–H groups in total. The zero-order valence-corrected chi connectivity index (χ0v) is 19.2. The first kappa shape index (κ1) is 23.0. The van der Waals surface area contributed by atoms with Gasteiger partial charge in [0.2, 0.25) is 0 Å². The molecule has 1 heterocycles. The number of benzene rings is 3. The summed E-state index contributed by atoms with van der Waals surface area (Å²) in [5.41, 5.74) is 2.63. The van der Waals surface area contributed by atoms with Crippen LogP contribution >= 0.6 is 0 Å². The molecule has 2 amide bonds. The molecule has 1 aliphatic heterocycles. The Hall–Kier alpha value is -4.19. The lowest BCUT2D eigenvalue weighted by molar-refractivity contribution is -0.120. The summed E-state index contributed by atoms with van der Waals surface area (Å²) in [6.45, 7) is 2.34. The Morgan fingerprint density at radius 3 is 2.24 bits per heavy atom. The maximum absolute atomic E-state index is 13.7. The van der Waals surface area contributed by atoms with Crippen LogP contribution in [0.5, 0.6) is 0 Å². The molecule has 1 aliphatic rings. The average Bonchev–Trinajstić information content (AvgIpc) is 3.14. The van der Waals surface area contributed by atoms with Gasteiger partial charge in [-0.2, -0.15) is 0 Å². The van der Waals surface area contributed by atoms with E-state index in [1.165, 1.54) is 6.07 Å². The Balaban J connectivity index is 1.74. The van der Waals surface area contributed by atoms with Crippen molar-refractivity contribution in [2.45, 2.75) is 19.8 Å². The Morgan fingerprint density at radius 2 is 1.56 bits per heavy atom. The number of para-hydroxylation sites is 1. The third kappa shape index (κ3) is 4.48. The molecule has 0 atom stereocenters. The van der Waals surface area contributed by atoms with E-state index in [9.17, 15) is 14.4 Å². The molecule has 6 heteroatoms. The maximum atomic E-state index is 13.7. The minimum absolute atomic E-state index is 0.276. The topological polar surface area (TPSA) is 66.9 Å². The minimum atomic E-state index is -0.479. The van der Waals surface area contributed by atoms with Gasteiger partial charge in [0.15, 0.2) is 0 Å². The van der Waals surface area contributed by atoms with Crippen LogP contribution in [0.4, 0.5) is 11.4 Å². The van der Waals surface area contributed by atoms with E-state index in [1.54, 1.807) is 30.1 Å². The number of rotatable bonds is 8. The summed E-state index contributed by atoms with van der Waals surface area (Å²) in [7, 11) is 1.77. The third-order valence-corrected chi connectivity index (χ3v) is 5.67. The minimum Gasteiger partial charge on any atom is -0.462 e. The molecular formula is C28H26N2O4. The number of likely N-dealkylation sites (N-methyl/N-ethyl adjacent to an activating group) is 1. The zero-order chi connectivity index (χ0) is 24.1. The molecule has 6 nitrogen and oxygen atoms in total. The molecule has 0 aliphatic carbocycles. The number of amides is 2. The second-order valence-electron chi connectivity index (χ2n) is 7.97. The Labute approximate surface area is 199 Å². The van der Waals surface area contributed by atoms with Crippen molar-refractivity contribution in [3.05, 3.63) is 102 Å². The molecular weight excluding hydrogens is 428 g/mol. The summed E-state index contributed by atoms with van der Waals surface area (Å²) in [5, 5.41) is 0. The molecule has 0 bridgehead atoms. The van der Waals surface area contributed by atoms with Gasteiger partial charge < -0.3 is 9.64 Å². The largest absolute Gasteiger partial charge is 0.462 e. The van der Waals surface area contributed by atoms with Crippen molar-refractivity contribution in [1.29, 1.82) is 0 Å². The normalized spacial score (nSPS) is 13.4. The van der Waals surface area contributed by atoms with Crippen LogP contribution in [0.25, 0.3) is 5.57 Å². The van der Waals surface area contributed by atoms with Crippen LogP contribution in [-0.4, -0.2) is 31.4 Å².